The Morgan fingerprint density at radius 2 is 2.05 bits per heavy atom. The third kappa shape index (κ3) is 3.70. The number of carboxylic acids is 1. The van der Waals surface area contributed by atoms with Crippen LogP contribution in [0.1, 0.15) is 15.9 Å². The molecule has 7 heteroatoms. The molecule has 2 N–H and O–H groups in total. The van der Waals surface area contributed by atoms with Gasteiger partial charge in [0.15, 0.2) is 0 Å². The highest BCUT2D eigenvalue weighted by Gasteiger charge is 2.10. The van der Waals surface area contributed by atoms with Crippen LogP contribution in [0.25, 0.3) is 0 Å². The Morgan fingerprint density at radius 3 is 2.71 bits per heavy atom. The van der Waals surface area contributed by atoms with E-state index in [1.807, 2.05) is 0 Å². The predicted molar refractivity (Wildman–Crippen MR) is 78.8 cm³/mol. The fourth-order valence-electron chi connectivity index (χ4n) is 1.78. The number of nitro groups is 1. The zero-order valence-electron chi connectivity index (χ0n) is 10.7. The Bertz CT molecular complexity index is 703. The number of nitrogens with one attached hydrogen (secondary N) is 1. The van der Waals surface area contributed by atoms with E-state index in [2.05, 4.69) is 5.32 Å². The number of hydrogen-bond donors (Lipinski definition) is 2. The van der Waals surface area contributed by atoms with E-state index in [-0.39, 0.29) is 16.3 Å². The molecular weight excluding hydrogens is 296 g/mol. The van der Waals surface area contributed by atoms with E-state index in [4.69, 9.17) is 16.7 Å². The van der Waals surface area contributed by atoms with Gasteiger partial charge in [0.05, 0.1) is 15.5 Å². The first-order valence-corrected chi connectivity index (χ1v) is 6.35. The Labute approximate surface area is 125 Å². The molecule has 0 aliphatic heterocycles. The number of benzene rings is 2. The lowest BCUT2D eigenvalue weighted by Gasteiger charge is -2.08. The van der Waals surface area contributed by atoms with Gasteiger partial charge in [-0.15, -0.1) is 0 Å². The largest absolute Gasteiger partial charge is 0.478 e. The molecule has 2 aromatic rings. The van der Waals surface area contributed by atoms with Crippen molar-refractivity contribution in [3.05, 3.63) is 68.7 Å². The Hall–Kier alpha value is -2.60. The summed E-state index contributed by atoms with van der Waals surface area (Å²) in [4.78, 5) is 21.2. The van der Waals surface area contributed by atoms with Gasteiger partial charge >= 0.3 is 5.97 Å². The van der Waals surface area contributed by atoms with E-state index >= 15 is 0 Å². The van der Waals surface area contributed by atoms with Crippen molar-refractivity contribution in [2.24, 2.45) is 0 Å². The fourth-order valence-corrected chi connectivity index (χ4v) is 1.98. The Kier molecular flexibility index (Phi) is 4.39. The van der Waals surface area contributed by atoms with Crippen LogP contribution < -0.4 is 5.32 Å². The maximum atomic E-state index is 11.0. The fraction of sp³-hybridized carbons (Fsp3) is 0.0714. The quantitative estimate of drug-likeness (QED) is 0.651. The topological polar surface area (TPSA) is 92.5 Å². The molecule has 0 aliphatic rings. The minimum Gasteiger partial charge on any atom is -0.478 e. The number of nitrogens with zero attached hydrogens (tertiary/aromatic N) is 1. The molecule has 0 aliphatic carbocycles. The van der Waals surface area contributed by atoms with Gasteiger partial charge in [0.2, 0.25) is 0 Å². The van der Waals surface area contributed by atoms with Crippen LogP contribution in [-0.2, 0) is 6.54 Å². The van der Waals surface area contributed by atoms with Crippen LogP contribution in [0, 0.1) is 10.1 Å². The molecule has 0 unspecified atom stereocenters. The molecule has 0 fully saturated rings. The summed E-state index contributed by atoms with van der Waals surface area (Å²) in [5.74, 6) is -1.11. The second kappa shape index (κ2) is 6.23. The van der Waals surface area contributed by atoms with Crippen LogP contribution in [0.5, 0.6) is 0 Å². The lowest BCUT2D eigenvalue weighted by molar-refractivity contribution is -0.384. The van der Waals surface area contributed by atoms with Gasteiger partial charge < -0.3 is 10.4 Å². The van der Waals surface area contributed by atoms with E-state index in [1.54, 1.807) is 18.2 Å². The second-order valence-electron chi connectivity index (χ2n) is 4.28. The van der Waals surface area contributed by atoms with Gasteiger partial charge in [-0.25, -0.2) is 4.79 Å². The molecule has 21 heavy (non-hydrogen) atoms. The van der Waals surface area contributed by atoms with Crippen LogP contribution in [0.3, 0.4) is 0 Å². The summed E-state index contributed by atoms with van der Waals surface area (Å²) in [6.07, 6.45) is 0. The van der Waals surface area contributed by atoms with Gasteiger partial charge in [-0.05, 0) is 23.8 Å². The average molecular weight is 307 g/mol. The van der Waals surface area contributed by atoms with Gasteiger partial charge in [0, 0.05) is 24.4 Å². The first-order valence-electron chi connectivity index (χ1n) is 5.97. The van der Waals surface area contributed by atoms with Crippen LogP contribution in [0.2, 0.25) is 5.02 Å². The van der Waals surface area contributed by atoms with Crippen LogP contribution >= 0.6 is 11.6 Å². The third-order valence-corrected chi connectivity index (χ3v) is 3.14. The van der Waals surface area contributed by atoms with Crippen LogP contribution in [-0.4, -0.2) is 16.0 Å². The number of carbonyl (C=O) groups is 1. The third-order valence-electron chi connectivity index (χ3n) is 2.81. The minimum atomic E-state index is -1.11. The van der Waals surface area contributed by atoms with E-state index in [0.717, 1.165) is 5.56 Å². The second-order valence-corrected chi connectivity index (χ2v) is 4.69. The molecule has 0 bridgehead atoms. The van der Waals surface area contributed by atoms with Crippen molar-refractivity contribution in [3.63, 3.8) is 0 Å². The van der Waals surface area contributed by atoms with Gasteiger partial charge in [-0.3, -0.25) is 10.1 Å². The summed E-state index contributed by atoms with van der Waals surface area (Å²) in [6, 6.07) is 10.8. The van der Waals surface area contributed by atoms with Crippen molar-refractivity contribution in [1.82, 2.24) is 0 Å². The lowest BCUT2D eigenvalue weighted by Crippen LogP contribution is -2.03. The van der Waals surface area contributed by atoms with E-state index in [9.17, 15) is 14.9 Å². The smallest absolute Gasteiger partial charge is 0.337 e. The monoisotopic (exact) mass is 306 g/mol. The zero-order chi connectivity index (χ0) is 15.4. The molecule has 0 heterocycles. The van der Waals surface area contributed by atoms with Crippen molar-refractivity contribution in [3.8, 4) is 0 Å². The predicted octanol–water partition coefficient (Wildman–Crippen LogP) is 3.56. The average Bonchev–Trinajstić information content (AvgIpc) is 2.46. The standard InChI is InChI=1S/C14H11ClN2O4/c15-13-5-4-10(7-12(13)14(18)19)16-8-9-2-1-3-11(6-9)17(20)21/h1-7,16H,8H2,(H,18,19). The summed E-state index contributed by atoms with van der Waals surface area (Å²) in [7, 11) is 0. The molecule has 0 aromatic heterocycles. The molecule has 0 saturated carbocycles. The molecule has 0 spiro atoms. The molecular formula is C14H11ClN2O4. The van der Waals surface area contributed by atoms with Gasteiger partial charge in [0.1, 0.15) is 0 Å². The summed E-state index contributed by atoms with van der Waals surface area (Å²) >= 11 is 5.78. The number of rotatable bonds is 5. The maximum absolute atomic E-state index is 11.0. The molecule has 0 saturated heterocycles. The molecule has 108 valence electrons. The summed E-state index contributed by atoms with van der Waals surface area (Å²) in [6.45, 7) is 0.336. The van der Waals surface area contributed by atoms with Gasteiger partial charge in [-0.1, -0.05) is 23.7 Å². The normalized spacial score (nSPS) is 10.1. The minimum absolute atomic E-state index is 0.000656. The van der Waals surface area contributed by atoms with Crippen molar-refractivity contribution >= 4 is 28.9 Å². The summed E-state index contributed by atoms with van der Waals surface area (Å²) in [5.41, 5.74) is 1.30. The molecule has 0 radical (unpaired) electrons. The Balaban J connectivity index is 2.13. The molecule has 6 nitrogen and oxygen atoms in total. The summed E-state index contributed by atoms with van der Waals surface area (Å²) in [5, 5.41) is 22.8. The maximum Gasteiger partial charge on any atom is 0.337 e. The van der Waals surface area contributed by atoms with E-state index in [0.29, 0.717) is 12.2 Å². The molecule has 0 amide bonds. The first-order chi connectivity index (χ1) is 9.97. The highest BCUT2D eigenvalue weighted by Crippen LogP contribution is 2.21. The highest BCUT2D eigenvalue weighted by atomic mass is 35.5. The van der Waals surface area contributed by atoms with Crippen molar-refractivity contribution in [2.75, 3.05) is 5.32 Å². The van der Waals surface area contributed by atoms with Crippen molar-refractivity contribution in [1.29, 1.82) is 0 Å². The van der Waals surface area contributed by atoms with Gasteiger partial charge in [-0.2, -0.15) is 0 Å². The van der Waals surface area contributed by atoms with Crippen molar-refractivity contribution < 1.29 is 14.8 Å². The number of non-ortho nitro benzene ring substituents is 1. The molecule has 0 atom stereocenters. The SMILES string of the molecule is O=C(O)c1cc(NCc2cccc([N+](=O)[O-])c2)ccc1Cl. The first kappa shape index (κ1) is 14.8. The number of nitro benzene ring substituents is 1. The van der Waals surface area contributed by atoms with E-state index < -0.39 is 10.9 Å². The number of hydrogen-bond acceptors (Lipinski definition) is 4. The summed E-state index contributed by atoms with van der Waals surface area (Å²) < 4.78 is 0. The van der Waals surface area contributed by atoms with Crippen LogP contribution in [0.4, 0.5) is 11.4 Å². The lowest BCUT2D eigenvalue weighted by atomic mass is 10.1. The molecule has 2 rings (SSSR count). The van der Waals surface area contributed by atoms with Crippen LogP contribution in [0.15, 0.2) is 42.5 Å². The van der Waals surface area contributed by atoms with Gasteiger partial charge in [0.25, 0.3) is 5.69 Å². The van der Waals surface area contributed by atoms with Crippen molar-refractivity contribution in [2.45, 2.75) is 6.54 Å². The number of anilines is 1. The molecule has 2 aromatic carbocycles. The van der Waals surface area contributed by atoms with E-state index in [1.165, 1.54) is 24.3 Å². The zero-order valence-corrected chi connectivity index (χ0v) is 11.5. The number of halogens is 1. The highest BCUT2D eigenvalue weighted by molar-refractivity contribution is 6.33. The number of carboxylic acid groups (broad SMARTS) is 1. The number of aromatic carboxylic acids is 1. The Morgan fingerprint density at radius 1 is 1.29 bits per heavy atom.